The van der Waals surface area contributed by atoms with E-state index in [2.05, 4.69) is 0 Å². The van der Waals surface area contributed by atoms with Crippen molar-refractivity contribution in [3.63, 3.8) is 0 Å². The molecule has 0 unspecified atom stereocenters. The van der Waals surface area contributed by atoms with Crippen molar-refractivity contribution < 1.29 is 18.0 Å². The topological polar surface area (TPSA) is 20.3 Å². The van der Waals surface area contributed by atoms with Gasteiger partial charge in [-0.25, -0.2) is 0 Å². The zero-order chi connectivity index (χ0) is 11.9. The van der Waals surface area contributed by atoms with E-state index in [1.165, 1.54) is 11.0 Å². The molecule has 1 aromatic rings. The predicted octanol–water partition coefficient (Wildman–Crippen LogP) is 2.61. The molecule has 1 amide bonds. The summed E-state index contributed by atoms with van der Waals surface area (Å²) in [5, 5.41) is 0. The molecule has 16 heavy (non-hydrogen) atoms. The summed E-state index contributed by atoms with van der Waals surface area (Å²) in [5.74, 6) is -0.269. The lowest BCUT2D eigenvalue weighted by molar-refractivity contribution is -0.138. The molecule has 0 N–H and O–H groups in total. The van der Waals surface area contributed by atoms with E-state index in [9.17, 15) is 18.0 Å². The first-order chi connectivity index (χ1) is 7.45. The van der Waals surface area contributed by atoms with Gasteiger partial charge in [-0.2, -0.15) is 13.2 Å². The molecule has 1 aliphatic heterocycles. The standard InChI is InChI=1S/C11H10F3NO/c1-2-15-9-5-3-4-8(11(12,13)14)7(9)6-10(15)16/h3-5H,2,6H2,1H3. The van der Waals surface area contributed by atoms with Crippen molar-refractivity contribution in [3.8, 4) is 0 Å². The van der Waals surface area contributed by atoms with E-state index in [4.69, 9.17) is 0 Å². The zero-order valence-electron chi connectivity index (χ0n) is 8.64. The van der Waals surface area contributed by atoms with E-state index in [1.54, 1.807) is 13.0 Å². The van der Waals surface area contributed by atoms with Gasteiger partial charge in [-0.05, 0) is 24.6 Å². The average molecular weight is 229 g/mol. The van der Waals surface area contributed by atoms with Crippen LogP contribution in [0.3, 0.4) is 0 Å². The highest BCUT2D eigenvalue weighted by atomic mass is 19.4. The fourth-order valence-corrected chi connectivity index (χ4v) is 2.01. The Balaban J connectivity index is 2.56. The molecule has 1 heterocycles. The third-order valence-electron chi connectivity index (χ3n) is 2.69. The first-order valence-electron chi connectivity index (χ1n) is 4.94. The highest BCUT2D eigenvalue weighted by Crippen LogP contribution is 2.39. The number of carbonyl (C=O) groups is 1. The summed E-state index contributed by atoms with van der Waals surface area (Å²) in [5.41, 5.74) is -0.210. The Morgan fingerprint density at radius 1 is 1.38 bits per heavy atom. The van der Waals surface area contributed by atoms with Crippen molar-refractivity contribution in [3.05, 3.63) is 29.3 Å². The minimum Gasteiger partial charge on any atom is -0.312 e. The summed E-state index contributed by atoms with van der Waals surface area (Å²) in [4.78, 5) is 12.9. The van der Waals surface area contributed by atoms with Crippen molar-refractivity contribution in [1.82, 2.24) is 0 Å². The van der Waals surface area contributed by atoms with Crippen LogP contribution >= 0.6 is 0 Å². The number of rotatable bonds is 1. The number of fused-ring (bicyclic) bond motifs is 1. The number of alkyl halides is 3. The highest BCUT2D eigenvalue weighted by Gasteiger charge is 2.38. The van der Waals surface area contributed by atoms with Crippen LogP contribution in [0.4, 0.5) is 18.9 Å². The number of benzene rings is 1. The molecule has 0 atom stereocenters. The number of halogens is 3. The summed E-state index contributed by atoms with van der Waals surface area (Å²) in [7, 11) is 0. The van der Waals surface area contributed by atoms with Crippen molar-refractivity contribution >= 4 is 11.6 Å². The first-order valence-corrected chi connectivity index (χ1v) is 4.94. The summed E-state index contributed by atoms with van der Waals surface area (Å²) in [6.45, 7) is 2.14. The van der Waals surface area contributed by atoms with Gasteiger partial charge in [0.05, 0.1) is 12.0 Å². The molecule has 1 aromatic carbocycles. The Bertz CT molecular complexity index is 439. The van der Waals surface area contributed by atoms with E-state index < -0.39 is 11.7 Å². The first kappa shape index (κ1) is 11.0. The molecule has 0 aromatic heterocycles. The zero-order valence-corrected chi connectivity index (χ0v) is 8.64. The molecule has 2 rings (SSSR count). The quantitative estimate of drug-likeness (QED) is 0.724. The summed E-state index contributed by atoms with van der Waals surface area (Å²) in [6, 6.07) is 3.91. The van der Waals surface area contributed by atoms with Crippen LogP contribution < -0.4 is 4.90 Å². The molecule has 5 heteroatoms. The van der Waals surface area contributed by atoms with Crippen LogP contribution in [0.1, 0.15) is 18.1 Å². The van der Waals surface area contributed by atoms with Crippen LogP contribution in [-0.4, -0.2) is 12.5 Å². The normalized spacial score (nSPS) is 15.5. The molecule has 1 aliphatic rings. The summed E-state index contributed by atoms with van der Waals surface area (Å²) in [6.07, 6.45) is -4.55. The average Bonchev–Trinajstić information content (AvgIpc) is 2.50. The molecule has 0 bridgehead atoms. The lowest BCUT2D eigenvalue weighted by Gasteiger charge is -2.16. The van der Waals surface area contributed by atoms with E-state index >= 15 is 0 Å². The SMILES string of the molecule is CCN1C(=O)Cc2c1cccc2C(F)(F)F. The van der Waals surface area contributed by atoms with E-state index in [0.29, 0.717) is 12.2 Å². The number of anilines is 1. The van der Waals surface area contributed by atoms with Gasteiger partial charge in [-0.1, -0.05) is 6.07 Å². The van der Waals surface area contributed by atoms with Gasteiger partial charge in [-0.15, -0.1) is 0 Å². The smallest absolute Gasteiger partial charge is 0.312 e. The molecule has 0 saturated heterocycles. The second-order valence-electron chi connectivity index (χ2n) is 3.62. The Hall–Kier alpha value is -1.52. The van der Waals surface area contributed by atoms with Gasteiger partial charge in [0.2, 0.25) is 5.91 Å². The maximum Gasteiger partial charge on any atom is 0.416 e. The lowest BCUT2D eigenvalue weighted by Crippen LogP contribution is -2.25. The van der Waals surface area contributed by atoms with Crippen LogP contribution in [0.2, 0.25) is 0 Å². The Kier molecular flexibility index (Phi) is 2.40. The third-order valence-corrected chi connectivity index (χ3v) is 2.69. The van der Waals surface area contributed by atoms with Crippen molar-refractivity contribution in [2.24, 2.45) is 0 Å². The van der Waals surface area contributed by atoms with Gasteiger partial charge < -0.3 is 4.90 Å². The number of likely N-dealkylation sites (N-methyl/N-ethyl adjacent to an activating group) is 1. The predicted molar refractivity (Wildman–Crippen MR) is 53.2 cm³/mol. The molecule has 0 aliphatic carbocycles. The van der Waals surface area contributed by atoms with Crippen molar-refractivity contribution in [2.45, 2.75) is 19.5 Å². The maximum atomic E-state index is 12.7. The number of carbonyl (C=O) groups excluding carboxylic acids is 1. The number of nitrogens with zero attached hydrogens (tertiary/aromatic N) is 1. The summed E-state index contributed by atoms with van der Waals surface area (Å²) < 4.78 is 38.0. The Morgan fingerprint density at radius 3 is 2.62 bits per heavy atom. The lowest BCUT2D eigenvalue weighted by atomic mass is 10.0. The number of hydrogen-bond acceptors (Lipinski definition) is 1. The van der Waals surface area contributed by atoms with Gasteiger partial charge in [0.25, 0.3) is 0 Å². The number of hydrogen-bond donors (Lipinski definition) is 0. The molecular weight excluding hydrogens is 219 g/mol. The Morgan fingerprint density at radius 2 is 2.06 bits per heavy atom. The molecule has 0 fully saturated rings. The van der Waals surface area contributed by atoms with Crippen LogP contribution in [0.25, 0.3) is 0 Å². The molecule has 0 saturated carbocycles. The van der Waals surface area contributed by atoms with Crippen LogP contribution in [0.5, 0.6) is 0 Å². The van der Waals surface area contributed by atoms with Gasteiger partial charge in [0.1, 0.15) is 0 Å². The molecular formula is C11H10F3NO. The largest absolute Gasteiger partial charge is 0.416 e. The summed E-state index contributed by atoms with van der Waals surface area (Å²) >= 11 is 0. The fourth-order valence-electron chi connectivity index (χ4n) is 2.01. The van der Waals surface area contributed by atoms with Gasteiger partial charge >= 0.3 is 6.18 Å². The number of amides is 1. The van der Waals surface area contributed by atoms with Gasteiger partial charge in [0, 0.05) is 12.2 Å². The fraction of sp³-hybridized carbons (Fsp3) is 0.364. The minimum atomic E-state index is -4.39. The molecule has 0 spiro atoms. The van der Waals surface area contributed by atoms with Crippen LogP contribution in [-0.2, 0) is 17.4 Å². The van der Waals surface area contributed by atoms with Crippen LogP contribution in [0, 0.1) is 0 Å². The van der Waals surface area contributed by atoms with Crippen molar-refractivity contribution in [2.75, 3.05) is 11.4 Å². The van der Waals surface area contributed by atoms with Crippen LogP contribution in [0.15, 0.2) is 18.2 Å². The van der Waals surface area contributed by atoms with Crippen molar-refractivity contribution in [1.29, 1.82) is 0 Å². The maximum absolute atomic E-state index is 12.7. The second kappa shape index (κ2) is 3.50. The minimum absolute atomic E-state index is 0.0989. The van der Waals surface area contributed by atoms with Gasteiger partial charge in [-0.3, -0.25) is 4.79 Å². The molecule has 2 nitrogen and oxygen atoms in total. The third kappa shape index (κ3) is 1.56. The van der Waals surface area contributed by atoms with E-state index in [0.717, 1.165) is 6.07 Å². The second-order valence-corrected chi connectivity index (χ2v) is 3.62. The van der Waals surface area contributed by atoms with E-state index in [1.807, 2.05) is 0 Å². The monoisotopic (exact) mass is 229 g/mol. The molecule has 86 valence electrons. The molecule has 0 radical (unpaired) electrons. The van der Waals surface area contributed by atoms with Gasteiger partial charge in [0.15, 0.2) is 0 Å². The highest BCUT2D eigenvalue weighted by molar-refractivity contribution is 6.01. The Labute approximate surface area is 90.7 Å². The van der Waals surface area contributed by atoms with E-state index in [-0.39, 0.29) is 17.9 Å².